The number of aromatic nitrogens is 1. The minimum absolute atomic E-state index is 0.230. The molecule has 0 saturated heterocycles. The van der Waals surface area contributed by atoms with Crippen LogP contribution in [0.25, 0.3) is 22.6 Å². The number of ether oxygens (including phenoxy) is 2. The first kappa shape index (κ1) is 19.2. The molecule has 5 heteroatoms. The maximum atomic E-state index is 12.9. The number of phenolic OH excluding ortho intramolecular Hbond substituents is 1. The van der Waals surface area contributed by atoms with Gasteiger partial charge in [-0.15, -0.1) is 0 Å². The van der Waals surface area contributed by atoms with Crippen molar-refractivity contribution in [2.45, 2.75) is 19.8 Å². The maximum Gasteiger partial charge on any atom is 0.339 e. The molecule has 1 aromatic heterocycles. The number of aromatic hydroxyl groups is 1. The van der Waals surface area contributed by atoms with Crippen molar-refractivity contribution in [3.05, 3.63) is 70.9 Å². The first-order valence-corrected chi connectivity index (χ1v) is 9.84. The molecule has 3 aromatic rings. The molecule has 0 amide bonds. The third-order valence-electron chi connectivity index (χ3n) is 5.04. The Morgan fingerprint density at radius 3 is 2.69 bits per heavy atom. The van der Waals surface area contributed by atoms with Crippen molar-refractivity contribution in [1.82, 2.24) is 4.98 Å². The quantitative estimate of drug-likeness (QED) is 0.492. The van der Waals surface area contributed by atoms with Crippen LogP contribution in [0.15, 0.2) is 48.5 Å². The number of fused-ring (bicyclic) bond motifs is 2. The van der Waals surface area contributed by atoms with Crippen LogP contribution in [0.3, 0.4) is 0 Å². The summed E-state index contributed by atoms with van der Waals surface area (Å²) in [6.07, 6.45) is 3.61. The van der Waals surface area contributed by atoms with E-state index in [2.05, 4.69) is 6.08 Å². The number of esters is 1. The molecule has 0 atom stereocenters. The van der Waals surface area contributed by atoms with E-state index in [4.69, 9.17) is 14.5 Å². The van der Waals surface area contributed by atoms with E-state index in [9.17, 15) is 9.90 Å². The van der Waals surface area contributed by atoms with Crippen LogP contribution in [0.1, 0.15) is 40.5 Å². The normalized spacial score (nSPS) is 14.3. The zero-order valence-electron chi connectivity index (χ0n) is 16.4. The molecule has 1 aliphatic carbocycles. The summed E-state index contributed by atoms with van der Waals surface area (Å²) in [7, 11) is 0. The lowest BCUT2D eigenvalue weighted by atomic mass is 10.0. The average molecular weight is 389 g/mol. The molecular formula is C24H23NO4. The molecule has 5 nitrogen and oxygen atoms in total. The summed E-state index contributed by atoms with van der Waals surface area (Å²) in [6, 6.07) is 14.7. The maximum absolute atomic E-state index is 12.9. The van der Waals surface area contributed by atoms with Gasteiger partial charge in [0.15, 0.2) is 0 Å². The molecule has 4 rings (SSSR count). The Kier molecular flexibility index (Phi) is 5.58. The molecule has 1 heterocycles. The summed E-state index contributed by atoms with van der Waals surface area (Å²) in [5, 5.41) is 10.3. The number of carbonyl (C=O) groups is 1. The standard InChI is InChI=1S/C24H23NO4/c1-2-28-13-14-29-24(27)22-19-5-3-4-6-21(19)25-23-17(9-12-20(22)23)15-16-7-10-18(26)11-8-16/h3-8,10-11,15,26H,2,9,12-14H2,1H3/b17-15+. The molecule has 0 aliphatic heterocycles. The van der Waals surface area contributed by atoms with Crippen LogP contribution in [-0.4, -0.2) is 35.9 Å². The third-order valence-corrected chi connectivity index (χ3v) is 5.04. The molecule has 0 unspecified atom stereocenters. The van der Waals surface area contributed by atoms with Crippen molar-refractivity contribution in [2.24, 2.45) is 0 Å². The number of hydrogen-bond donors (Lipinski definition) is 1. The van der Waals surface area contributed by atoms with Gasteiger partial charge in [0.05, 0.1) is 23.4 Å². The lowest BCUT2D eigenvalue weighted by molar-refractivity contribution is 0.0336. The van der Waals surface area contributed by atoms with Crippen LogP contribution >= 0.6 is 0 Å². The molecule has 148 valence electrons. The second kappa shape index (κ2) is 8.45. The molecule has 0 saturated carbocycles. The zero-order chi connectivity index (χ0) is 20.2. The molecule has 0 bridgehead atoms. The van der Waals surface area contributed by atoms with Crippen LogP contribution in [0.5, 0.6) is 5.75 Å². The highest BCUT2D eigenvalue weighted by Gasteiger charge is 2.27. The molecule has 1 aliphatic rings. The van der Waals surface area contributed by atoms with Gasteiger partial charge in [-0.05, 0) is 60.7 Å². The largest absolute Gasteiger partial charge is 0.508 e. The minimum atomic E-state index is -0.328. The smallest absolute Gasteiger partial charge is 0.339 e. The molecule has 2 aromatic carbocycles. The van der Waals surface area contributed by atoms with Crippen molar-refractivity contribution in [3.63, 3.8) is 0 Å². The summed E-state index contributed by atoms with van der Waals surface area (Å²) in [4.78, 5) is 17.8. The number of rotatable bonds is 6. The second-order valence-corrected chi connectivity index (χ2v) is 6.93. The molecule has 29 heavy (non-hydrogen) atoms. The Balaban J connectivity index is 1.75. The highest BCUT2D eigenvalue weighted by atomic mass is 16.6. The number of nitrogens with zero attached hydrogens (tertiary/aromatic N) is 1. The third kappa shape index (κ3) is 4.00. The van der Waals surface area contributed by atoms with Crippen molar-refractivity contribution in [1.29, 1.82) is 0 Å². The van der Waals surface area contributed by atoms with E-state index in [-0.39, 0.29) is 18.3 Å². The minimum Gasteiger partial charge on any atom is -0.508 e. The average Bonchev–Trinajstić information content (AvgIpc) is 3.13. The molecule has 0 fully saturated rings. The first-order valence-electron chi connectivity index (χ1n) is 9.84. The van der Waals surface area contributed by atoms with E-state index in [1.807, 2.05) is 43.3 Å². The van der Waals surface area contributed by atoms with Crippen molar-refractivity contribution < 1.29 is 19.4 Å². The Hall–Kier alpha value is -3.18. The second-order valence-electron chi connectivity index (χ2n) is 6.93. The van der Waals surface area contributed by atoms with E-state index in [1.54, 1.807) is 12.1 Å². The predicted octanol–water partition coefficient (Wildman–Crippen LogP) is 4.62. The fraction of sp³-hybridized carbons (Fsp3) is 0.250. The van der Waals surface area contributed by atoms with E-state index >= 15 is 0 Å². The van der Waals surface area contributed by atoms with Gasteiger partial charge in [-0.1, -0.05) is 30.3 Å². The van der Waals surface area contributed by atoms with E-state index < -0.39 is 0 Å². The number of carbonyl (C=O) groups excluding carboxylic acids is 1. The van der Waals surface area contributed by atoms with Gasteiger partial charge in [-0.25, -0.2) is 9.78 Å². The fourth-order valence-corrected chi connectivity index (χ4v) is 3.69. The number of benzene rings is 2. The topological polar surface area (TPSA) is 68.7 Å². The fourth-order valence-electron chi connectivity index (χ4n) is 3.69. The Bertz CT molecular complexity index is 1070. The number of hydrogen-bond acceptors (Lipinski definition) is 5. The summed E-state index contributed by atoms with van der Waals surface area (Å²) in [6.45, 7) is 3.12. The van der Waals surface area contributed by atoms with Crippen molar-refractivity contribution in [2.75, 3.05) is 19.8 Å². The van der Waals surface area contributed by atoms with Crippen LogP contribution < -0.4 is 0 Å². The van der Waals surface area contributed by atoms with Crippen LogP contribution in [-0.2, 0) is 15.9 Å². The Morgan fingerprint density at radius 2 is 1.90 bits per heavy atom. The van der Waals surface area contributed by atoms with Gasteiger partial charge in [0.1, 0.15) is 12.4 Å². The lowest BCUT2D eigenvalue weighted by Gasteiger charge is -2.12. The van der Waals surface area contributed by atoms with Crippen LogP contribution in [0, 0.1) is 0 Å². The van der Waals surface area contributed by atoms with Crippen molar-refractivity contribution in [3.8, 4) is 5.75 Å². The van der Waals surface area contributed by atoms with E-state index in [0.717, 1.165) is 46.1 Å². The van der Waals surface area contributed by atoms with Crippen LogP contribution in [0.2, 0.25) is 0 Å². The van der Waals surface area contributed by atoms with Crippen LogP contribution in [0.4, 0.5) is 0 Å². The zero-order valence-corrected chi connectivity index (χ0v) is 16.4. The van der Waals surface area contributed by atoms with Gasteiger partial charge < -0.3 is 14.6 Å². The number of allylic oxidation sites excluding steroid dienone is 1. The van der Waals surface area contributed by atoms with Gasteiger partial charge in [0, 0.05) is 12.0 Å². The SMILES string of the molecule is CCOCCOC(=O)c1c2c(nc3ccccc13)/C(=C/c1ccc(O)cc1)CC2. The summed E-state index contributed by atoms with van der Waals surface area (Å²) in [5.74, 6) is -0.0920. The van der Waals surface area contributed by atoms with Gasteiger partial charge >= 0.3 is 5.97 Å². The van der Waals surface area contributed by atoms with E-state index in [1.165, 1.54) is 0 Å². The molecule has 0 spiro atoms. The highest BCUT2D eigenvalue weighted by Crippen LogP contribution is 2.37. The molecular weight excluding hydrogens is 366 g/mol. The Morgan fingerprint density at radius 1 is 1.10 bits per heavy atom. The van der Waals surface area contributed by atoms with Gasteiger partial charge in [0.2, 0.25) is 0 Å². The molecule has 0 radical (unpaired) electrons. The van der Waals surface area contributed by atoms with E-state index in [0.29, 0.717) is 18.8 Å². The molecule has 1 N–H and O–H groups in total. The summed E-state index contributed by atoms with van der Waals surface area (Å²) >= 11 is 0. The monoisotopic (exact) mass is 389 g/mol. The first-order chi connectivity index (χ1) is 14.2. The lowest BCUT2D eigenvalue weighted by Crippen LogP contribution is -2.14. The van der Waals surface area contributed by atoms with Gasteiger partial charge in [-0.3, -0.25) is 0 Å². The number of pyridine rings is 1. The predicted molar refractivity (Wildman–Crippen MR) is 113 cm³/mol. The summed E-state index contributed by atoms with van der Waals surface area (Å²) in [5.41, 5.74) is 5.25. The summed E-state index contributed by atoms with van der Waals surface area (Å²) < 4.78 is 10.8. The van der Waals surface area contributed by atoms with Gasteiger partial charge in [0.25, 0.3) is 0 Å². The highest BCUT2D eigenvalue weighted by molar-refractivity contribution is 6.07. The van der Waals surface area contributed by atoms with Crippen molar-refractivity contribution >= 4 is 28.5 Å². The van der Waals surface area contributed by atoms with Gasteiger partial charge in [-0.2, -0.15) is 0 Å². The number of phenols is 1. The Labute approximate surface area is 169 Å². The number of para-hydroxylation sites is 1.